The summed E-state index contributed by atoms with van der Waals surface area (Å²) >= 11 is 0. The predicted octanol–water partition coefficient (Wildman–Crippen LogP) is 1.22. The Morgan fingerprint density at radius 3 is 2.67 bits per heavy atom. The third-order valence-corrected chi connectivity index (χ3v) is 3.82. The van der Waals surface area contributed by atoms with Crippen molar-refractivity contribution in [1.29, 1.82) is 0 Å². The number of hydrogen-bond acceptors (Lipinski definition) is 5. The SMILES string of the molecule is Cc1ccc(NC(C)C)cc1C(=O)N(C=O)C1CCC(=O)NC1=O. The molecule has 1 heterocycles. The quantitative estimate of drug-likeness (QED) is 0.625. The molecule has 1 aromatic rings. The number of rotatable bonds is 5. The standard InChI is InChI=1S/C17H21N3O4/c1-10(2)18-12-5-4-11(3)13(8-12)17(24)20(9-21)14-6-7-15(22)19-16(14)23/h4-5,8-10,14,18H,6-7H2,1-3H3,(H,19,22,23). The van der Waals surface area contributed by atoms with E-state index < -0.39 is 23.8 Å². The van der Waals surface area contributed by atoms with Gasteiger partial charge >= 0.3 is 0 Å². The van der Waals surface area contributed by atoms with Crippen LogP contribution in [-0.2, 0) is 14.4 Å². The van der Waals surface area contributed by atoms with E-state index in [0.29, 0.717) is 17.5 Å². The average Bonchev–Trinajstić information content (AvgIpc) is 2.51. The Labute approximate surface area is 140 Å². The number of benzene rings is 1. The van der Waals surface area contributed by atoms with Crippen LogP contribution >= 0.6 is 0 Å². The number of piperidine rings is 1. The van der Waals surface area contributed by atoms with E-state index in [9.17, 15) is 19.2 Å². The summed E-state index contributed by atoms with van der Waals surface area (Å²) < 4.78 is 0. The monoisotopic (exact) mass is 331 g/mol. The van der Waals surface area contributed by atoms with Crippen molar-refractivity contribution in [2.75, 3.05) is 5.32 Å². The van der Waals surface area contributed by atoms with Gasteiger partial charge in [-0.2, -0.15) is 0 Å². The van der Waals surface area contributed by atoms with Crippen molar-refractivity contribution in [1.82, 2.24) is 10.2 Å². The third kappa shape index (κ3) is 3.79. The lowest BCUT2D eigenvalue weighted by Crippen LogP contribution is -2.53. The molecular formula is C17H21N3O4. The maximum Gasteiger partial charge on any atom is 0.261 e. The summed E-state index contributed by atoms with van der Waals surface area (Å²) in [5.74, 6) is -1.57. The lowest BCUT2D eigenvalue weighted by molar-refractivity contribution is -0.139. The molecule has 2 N–H and O–H groups in total. The highest BCUT2D eigenvalue weighted by atomic mass is 16.2. The second-order valence-corrected chi connectivity index (χ2v) is 6.11. The van der Waals surface area contributed by atoms with Crippen LogP contribution in [0.25, 0.3) is 0 Å². The van der Waals surface area contributed by atoms with Crippen LogP contribution in [0.2, 0.25) is 0 Å². The van der Waals surface area contributed by atoms with Gasteiger partial charge in [0, 0.05) is 23.7 Å². The van der Waals surface area contributed by atoms with Crippen molar-refractivity contribution in [2.24, 2.45) is 0 Å². The van der Waals surface area contributed by atoms with Gasteiger partial charge in [0.15, 0.2) is 0 Å². The molecule has 128 valence electrons. The second-order valence-electron chi connectivity index (χ2n) is 6.11. The minimum atomic E-state index is -0.964. The summed E-state index contributed by atoms with van der Waals surface area (Å²) in [4.78, 5) is 48.3. The summed E-state index contributed by atoms with van der Waals surface area (Å²) in [5, 5.41) is 5.35. The maximum atomic E-state index is 12.8. The highest BCUT2D eigenvalue weighted by Crippen LogP contribution is 2.20. The minimum Gasteiger partial charge on any atom is -0.383 e. The van der Waals surface area contributed by atoms with Gasteiger partial charge in [-0.15, -0.1) is 0 Å². The van der Waals surface area contributed by atoms with Gasteiger partial charge in [0.2, 0.25) is 18.2 Å². The van der Waals surface area contributed by atoms with Crippen LogP contribution in [0.3, 0.4) is 0 Å². The van der Waals surface area contributed by atoms with E-state index in [1.807, 2.05) is 19.9 Å². The number of carbonyl (C=O) groups is 4. The first kappa shape index (κ1) is 17.7. The molecule has 7 nitrogen and oxygen atoms in total. The molecule has 24 heavy (non-hydrogen) atoms. The van der Waals surface area contributed by atoms with Gasteiger partial charge < -0.3 is 5.32 Å². The van der Waals surface area contributed by atoms with Crippen LogP contribution in [0.1, 0.15) is 42.6 Å². The number of aryl methyl sites for hydroxylation is 1. The van der Waals surface area contributed by atoms with Crippen molar-refractivity contribution >= 4 is 29.8 Å². The fraction of sp³-hybridized carbons (Fsp3) is 0.412. The van der Waals surface area contributed by atoms with Crippen molar-refractivity contribution in [3.05, 3.63) is 29.3 Å². The highest BCUT2D eigenvalue weighted by molar-refractivity contribution is 6.07. The predicted molar refractivity (Wildman–Crippen MR) is 88.3 cm³/mol. The summed E-state index contributed by atoms with van der Waals surface area (Å²) in [6.07, 6.45) is 0.588. The zero-order valence-corrected chi connectivity index (χ0v) is 14.0. The molecule has 0 aliphatic carbocycles. The molecule has 0 saturated carbocycles. The molecule has 1 fully saturated rings. The van der Waals surface area contributed by atoms with E-state index in [-0.39, 0.29) is 18.9 Å². The van der Waals surface area contributed by atoms with E-state index in [1.165, 1.54) is 0 Å². The Balaban J connectivity index is 2.29. The van der Waals surface area contributed by atoms with Gasteiger partial charge in [0.25, 0.3) is 5.91 Å². The molecule has 1 unspecified atom stereocenters. The summed E-state index contributed by atoms with van der Waals surface area (Å²) in [6, 6.07) is 4.52. The molecule has 0 spiro atoms. The van der Waals surface area contributed by atoms with Gasteiger partial charge in [-0.1, -0.05) is 6.07 Å². The zero-order chi connectivity index (χ0) is 17.9. The molecule has 1 saturated heterocycles. The first-order valence-corrected chi connectivity index (χ1v) is 7.82. The largest absolute Gasteiger partial charge is 0.383 e. The van der Waals surface area contributed by atoms with Gasteiger partial charge in [-0.05, 0) is 44.9 Å². The van der Waals surface area contributed by atoms with Gasteiger partial charge in [0.05, 0.1) is 0 Å². The number of anilines is 1. The normalized spacial score (nSPS) is 17.4. The molecule has 1 aromatic carbocycles. The molecule has 4 amide bonds. The molecule has 1 aliphatic rings. The molecule has 1 aliphatic heterocycles. The number of carbonyl (C=O) groups excluding carboxylic acids is 4. The van der Waals surface area contributed by atoms with E-state index in [2.05, 4.69) is 10.6 Å². The third-order valence-electron chi connectivity index (χ3n) is 3.82. The van der Waals surface area contributed by atoms with E-state index in [0.717, 1.165) is 10.6 Å². The highest BCUT2D eigenvalue weighted by Gasteiger charge is 2.35. The lowest BCUT2D eigenvalue weighted by Gasteiger charge is -2.28. The summed E-state index contributed by atoms with van der Waals surface area (Å²) in [6.45, 7) is 5.71. The van der Waals surface area contributed by atoms with Crippen molar-refractivity contribution in [3.8, 4) is 0 Å². The van der Waals surface area contributed by atoms with E-state index in [4.69, 9.17) is 0 Å². The number of nitrogens with one attached hydrogen (secondary N) is 2. The number of amides is 4. The van der Waals surface area contributed by atoms with Crippen molar-refractivity contribution in [2.45, 2.75) is 45.7 Å². The van der Waals surface area contributed by atoms with Crippen LogP contribution < -0.4 is 10.6 Å². The number of imide groups is 2. The average molecular weight is 331 g/mol. The Morgan fingerprint density at radius 2 is 2.08 bits per heavy atom. The zero-order valence-electron chi connectivity index (χ0n) is 14.0. The molecule has 0 radical (unpaired) electrons. The molecule has 2 rings (SSSR count). The molecule has 7 heteroatoms. The number of hydrogen-bond donors (Lipinski definition) is 2. The Bertz CT molecular complexity index is 684. The van der Waals surface area contributed by atoms with Crippen molar-refractivity contribution in [3.63, 3.8) is 0 Å². The summed E-state index contributed by atoms with van der Waals surface area (Å²) in [7, 11) is 0. The van der Waals surface area contributed by atoms with E-state index >= 15 is 0 Å². The van der Waals surface area contributed by atoms with Crippen LogP contribution in [0.4, 0.5) is 5.69 Å². The smallest absolute Gasteiger partial charge is 0.261 e. The van der Waals surface area contributed by atoms with Crippen LogP contribution in [0.15, 0.2) is 18.2 Å². The Morgan fingerprint density at radius 1 is 1.38 bits per heavy atom. The van der Waals surface area contributed by atoms with E-state index in [1.54, 1.807) is 19.1 Å². The van der Waals surface area contributed by atoms with Crippen LogP contribution in [0.5, 0.6) is 0 Å². The molecule has 1 atom stereocenters. The van der Waals surface area contributed by atoms with Gasteiger partial charge in [-0.3, -0.25) is 29.4 Å². The molecular weight excluding hydrogens is 310 g/mol. The van der Waals surface area contributed by atoms with Gasteiger partial charge in [0.1, 0.15) is 6.04 Å². The van der Waals surface area contributed by atoms with Crippen molar-refractivity contribution < 1.29 is 19.2 Å². The minimum absolute atomic E-state index is 0.0992. The fourth-order valence-electron chi connectivity index (χ4n) is 2.63. The first-order valence-electron chi connectivity index (χ1n) is 7.82. The molecule has 0 bridgehead atoms. The van der Waals surface area contributed by atoms with Crippen LogP contribution in [0, 0.1) is 6.92 Å². The topological polar surface area (TPSA) is 95.6 Å². The first-order chi connectivity index (χ1) is 11.3. The van der Waals surface area contributed by atoms with Gasteiger partial charge in [-0.25, -0.2) is 0 Å². The number of nitrogens with zero attached hydrogens (tertiary/aromatic N) is 1. The second kappa shape index (κ2) is 7.25. The fourth-order valence-corrected chi connectivity index (χ4v) is 2.63. The van der Waals surface area contributed by atoms with Crippen LogP contribution in [-0.4, -0.2) is 41.1 Å². The maximum absolute atomic E-state index is 12.8. The molecule has 0 aromatic heterocycles. The summed E-state index contributed by atoms with van der Waals surface area (Å²) in [5.41, 5.74) is 1.80. The lowest BCUT2D eigenvalue weighted by atomic mass is 10.0. The Kier molecular flexibility index (Phi) is 5.33. The Hall–Kier alpha value is -2.70.